The fourth-order valence-electron chi connectivity index (χ4n) is 2.71. The summed E-state index contributed by atoms with van der Waals surface area (Å²) in [4.78, 5) is 16.5. The number of fused-ring (bicyclic) bond motifs is 1. The normalized spacial score (nSPS) is 17.6. The van der Waals surface area contributed by atoms with Gasteiger partial charge in [0.2, 0.25) is 0 Å². The number of carbonyl (C=O) groups is 1. The zero-order valence-electron chi connectivity index (χ0n) is 12.0. The van der Waals surface area contributed by atoms with E-state index in [1.807, 2.05) is 36.1 Å². The first-order chi connectivity index (χ1) is 10.2. The number of hydrogen-bond acceptors (Lipinski definition) is 4. The maximum atomic E-state index is 12.6. The van der Waals surface area contributed by atoms with E-state index in [0.29, 0.717) is 18.7 Å². The van der Waals surface area contributed by atoms with Gasteiger partial charge in [-0.1, -0.05) is 18.2 Å². The van der Waals surface area contributed by atoms with Crippen LogP contribution in [0.2, 0.25) is 0 Å². The van der Waals surface area contributed by atoms with Gasteiger partial charge in [0.25, 0.3) is 5.91 Å². The molecule has 2 aromatic rings. The molecule has 0 bridgehead atoms. The smallest absolute Gasteiger partial charge is 0.257 e. The van der Waals surface area contributed by atoms with Gasteiger partial charge in [-0.2, -0.15) is 5.26 Å². The number of nitrogens with zero attached hydrogens (tertiary/aromatic N) is 3. The molecular weight excluding hydrogens is 266 g/mol. The van der Waals surface area contributed by atoms with Gasteiger partial charge in [-0.25, -0.2) is 0 Å². The van der Waals surface area contributed by atoms with Crippen LogP contribution in [0.3, 0.4) is 0 Å². The zero-order chi connectivity index (χ0) is 14.8. The molecule has 1 amide bonds. The largest absolute Gasteiger partial charge is 0.463 e. The number of piperazine rings is 1. The van der Waals surface area contributed by atoms with E-state index < -0.39 is 0 Å². The molecule has 1 aliphatic rings. The maximum absolute atomic E-state index is 12.6. The molecule has 0 aliphatic carbocycles. The molecule has 21 heavy (non-hydrogen) atoms. The molecule has 1 unspecified atom stereocenters. The standard InChI is InChI=1S/C16H17N3O2/c1-12(10-17)18-6-8-19(9-7-18)16(20)14-11-21-15-5-3-2-4-13(14)15/h2-5,11-12H,6-9H2,1H3. The highest BCUT2D eigenvalue weighted by molar-refractivity contribution is 6.05. The number of carbonyl (C=O) groups excluding carboxylic acids is 1. The molecule has 108 valence electrons. The summed E-state index contributed by atoms with van der Waals surface area (Å²) in [5.41, 5.74) is 1.35. The highest BCUT2D eigenvalue weighted by Gasteiger charge is 2.26. The van der Waals surface area contributed by atoms with Crippen LogP contribution in [-0.4, -0.2) is 47.9 Å². The second-order valence-corrected chi connectivity index (χ2v) is 5.28. The number of nitriles is 1. The predicted molar refractivity (Wildman–Crippen MR) is 78.8 cm³/mol. The number of hydrogen-bond donors (Lipinski definition) is 0. The molecule has 1 fully saturated rings. The topological polar surface area (TPSA) is 60.5 Å². The Morgan fingerprint density at radius 3 is 2.71 bits per heavy atom. The van der Waals surface area contributed by atoms with Crippen molar-refractivity contribution in [1.82, 2.24) is 9.80 Å². The van der Waals surface area contributed by atoms with E-state index in [9.17, 15) is 4.79 Å². The molecule has 5 nitrogen and oxygen atoms in total. The van der Waals surface area contributed by atoms with Crippen LogP contribution in [0.5, 0.6) is 0 Å². The van der Waals surface area contributed by atoms with E-state index in [2.05, 4.69) is 11.0 Å². The predicted octanol–water partition coefficient (Wildman–Crippen LogP) is 2.10. The molecule has 1 aliphatic heterocycles. The van der Waals surface area contributed by atoms with Crippen molar-refractivity contribution in [3.8, 4) is 6.07 Å². The van der Waals surface area contributed by atoms with Crippen LogP contribution in [0.15, 0.2) is 34.9 Å². The fourth-order valence-corrected chi connectivity index (χ4v) is 2.71. The van der Waals surface area contributed by atoms with E-state index in [1.54, 1.807) is 0 Å². The monoisotopic (exact) mass is 283 g/mol. The molecule has 0 N–H and O–H groups in total. The quantitative estimate of drug-likeness (QED) is 0.847. The van der Waals surface area contributed by atoms with Crippen LogP contribution in [0, 0.1) is 11.3 Å². The number of furan rings is 1. The highest BCUT2D eigenvalue weighted by atomic mass is 16.3. The molecule has 1 atom stereocenters. The minimum absolute atomic E-state index is 0.00390. The molecule has 1 aromatic carbocycles. The lowest BCUT2D eigenvalue weighted by Gasteiger charge is -2.35. The number of amides is 1. The lowest BCUT2D eigenvalue weighted by atomic mass is 10.1. The van der Waals surface area contributed by atoms with Crippen molar-refractivity contribution in [1.29, 1.82) is 5.26 Å². The summed E-state index contributed by atoms with van der Waals surface area (Å²) in [6.07, 6.45) is 1.54. The Labute approximate surface area is 123 Å². The molecule has 5 heteroatoms. The van der Waals surface area contributed by atoms with Gasteiger partial charge in [0.05, 0.1) is 17.7 Å². The van der Waals surface area contributed by atoms with E-state index in [0.717, 1.165) is 24.1 Å². The van der Waals surface area contributed by atoms with Gasteiger partial charge >= 0.3 is 0 Å². The van der Waals surface area contributed by atoms with Gasteiger partial charge in [-0.05, 0) is 13.0 Å². The van der Waals surface area contributed by atoms with E-state index in [-0.39, 0.29) is 11.9 Å². The fraction of sp³-hybridized carbons (Fsp3) is 0.375. The second kappa shape index (κ2) is 5.58. The lowest BCUT2D eigenvalue weighted by Crippen LogP contribution is -2.51. The Bertz CT molecular complexity index is 693. The van der Waals surface area contributed by atoms with Crippen molar-refractivity contribution in [3.05, 3.63) is 36.1 Å². The van der Waals surface area contributed by atoms with Crippen LogP contribution < -0.4 is 0 Å². The molecule has 2 heterocycles. The zero-order valence-corrected chi connectivity index (χ0v) is 12.0. The van der Waals surface area contributed by atoms with Crippen molar-refractivity contribution in [3.63, 3.8) is 0 Å². The summed E-state index contributed by atoms with van der Waals surface area (Å²) in [6.45, 7) is 4.64. The van der Waals surface area contributed by atoms with E-state index in [1.165, 1.54) is 6.26 Å². The number of benzene rings is 1. The van der Waals surface area contributed by atoms with Crippen LogP contribution >= 0.6 is 0 Å². The molecule has 0 saturated carbocycles. The Morgan fingerprint density at radius 2 is 2.00 bits per heavy atom. The van der Waals surface area contributed by atoms with Crippen LogP contribution in [-0.2, 0) is 0 Å². The van der Waals surface area contributed by atoms with Gasteiger partial charge in [-0.3, -0.25) is 9.69 Å². The first-order valence-electron chi connectivity index (χ1n) is 7.10. The summed E-state index contributed by atoms with van der Waals surface area (Å²) >= 11 is 0. The minimum Gasteiger partial charge on any atom is -0.463 e. The minimum atomic E-state index is -0.1000. The van der Waals surface area contributed by atoms with Crippen LogP contribution in [0.1, 0.15) is 17.3 Å². The Balaban J connectivity index is 1.74. The SMILES string of the molecule is CC(C#N)N1CCN(C(=O)c2coc3ccccc23)CC1. The van der Waals surface area contributed by atoms with Crippen molar-refractivity contribution < 1.29 is 9.21 Å². The molecule has 0 radical (unpaired) electrons. The first kappa shape index (κ1) is 13.7. The Kier molecular flexibility index (Phi) is 3.63. The van der Waals surface area contributed by atoms with Gasteiger partial charge in [0.15, 0.2) is 0 Å². The van der Waals surface area contributed by atoms with Crippen molar-refractivity contribution >= 4 is 16.9 Å². The average Bonchev–Trinajstić information content (AvgIpc) is 2.97. The van der Waals surface area contributed by atoms with Crippen LogP contribution in [0.25, 0.3) is 11.0 Å². The molecule has 1 aromatic heterocycles. The third-order valence-corrected chi connectivity index (χ3v) is 4.05. The summed E-state index contributed by atoms with van der Waals surface area (Å²) in [5.74, 6) is 0.00390. The molecule has 1 saturated heterocycles. The first-order valence-corrected chi connectivity index (χ1v) is 7.10. The highest BCUT2D eigenvalue weighted by Crippen LogP contribution is 2.22. The molecule has 3 rings (SSSR count). The van der Waals surface area contributed by atoms with Gasteiger partial charge < -0.3 is 9.32 Å². The summed E-state index contributed by atoms with van der Waals surface area (Å²) in [6, 6.07) is 9.70. The van der Waals surface area contributed by atoms with Gasteiger partial charge in [0.1, 0.15) is 11.8 Å². The van der Waals surface area contributed by atoms with Crippen LogP contribution in [0.4, 0.5) is 0 Å². The van der Waals surface area contributed by atoms with Gasteiger partial charge in [0, 0.05) is 31.6 Å². The maximum Gasteiger partial charge on any atom is 0.257 e. The molecule has 0 spiro atoms. The Hall–Kier alpha value is -2.32. The Morgan fingerprint density at radius 1 is 1.29 bits per heavy atom. The lowest BCUT2D eigenvalue weighted by molar-refractivity contribution is 0.0616. The summed E-state index contributed by atoms with van der Waals surface area (Å²) in [7, 11) is 0. The summed E-state index contributed by atoms with van der Waals surface area (Å²) in [5, 5.41) is 9.80. The van der Waals surface area contributed by atoms with E-state index >= 15 is 0 Å². The third-order valence-electron chi connectivity index (χ3n) is 4.05. The summed E-state index contributed by atoms with van der Waals surface area (Å²) < 4.78 is 5.44. The van der Waals surface area contributed by atoms with Crippen molar-refractivity contribution in [2.45, 2.75) is 13.0 Å². The second-order valence-electron chi connectivity index (χ2n) is 5.28. The molecular formula is C16H17N3O2. The van der Waals surface area contributed by atoms with Crippen molar-refractivity contribution in [2.24, 2.45) is 0 Å². The average molecular weight is 283 g/mol. The number of rotatable bonds is 2. The third kappa shape index (κ3) is 2.50. The van der Waals surface area contributed by atoms with E-state index in [4.69, 9.17) is 9.68 Å². The van der Waals surface area contributed by atoms with Crippen molar-refractivity contribution in [2.75, 3.05) is 26.2 Å². The number of para-hydroxylation sites is 1. The van der Waals surface area contributed by atoms with Gasteiger partial charge in [-0.15, -0.1) is 0 Å².